The van der Waals surface area contributed by atoms with Crippen LogP contribution in [0.2, 0.25) is 0 Å². The Balaban J connectivity index is 2.60. The number of hydrogen-bond donors (Lipinski definition) is 0. The highest BCUT2D eigenvalue weighted by molar-refractivity contribution is 5.78. The van der Waals surface area contributed by atoms with E-state index in [0.29, 0.717) is 17.6 Å². The molecule has 0 aromatic heterocycles. The minimum atomic E-state index is 0.287. The Hall–Kier alpha value is -0.330. The molecule has 1 heteroatoms. The van der Waals surface area contributed by atoms with Crippen LogP contribution in [0, 0.1) is 10.8 Å². The molecule has 1 aliphatic rings. The van der Waals surface area contributed by atoms with E-state index >= 15 is 0 Å². The fraction of sp³-hybridized carbons (Fsp3) is 0.923. The quantitative estimate of drug-likeness (QED) is 0.667. The second-order valence-corrected chi connectivity index (χ2v) is 6.07. The molecule has 1 unspecified atom stereocenters. The van der Waals surface area contributed by atoms with Gasteiger partial charge in [0.05, 0.1) is 0 Å². The van der Waals surface area contributed by atoms with Gasteiger partial charge < -0.3 is 0 Å². The zero-order chi connectivity index (χ0) is 10.8. The molecule has 1 atom stereocenters. The largest absolute Gasteiger partial charge is 0.300 e. The second-order valence-electron chi connectivity index (χ2n) is 6.07. The first-order valence-electron chi connectivity index (χ1n) is 5.89. The lowest BCUT2D eigenvalue weighted by molar-refractivity contribution is -0.121. The van der Waals surface area contributed by atoms with Gasteiger partial charge in [-0.25, -0.2) is 0 Å². The molecule has 0 saturated heterocycles. The molecule has 1 rings (SSSR count). The Labute approximate surface area is 88.3 Å². The lowest BCUT2D eigenvalue weighted by Gasteiger charge is -2.42. The van der Waals surface area contributed by atoms with Crippen molar-refractivity contribution in [3.05, 3.63) is 0 Å². The van der Waals surface area contributed by atoms with Crippen LogP contribution in [0.25, 0.3) is 0 Å². The van der Waals surface area contributed by atoms with Crippen LogP contribution in [0.4, 0.5) is 0 Å². The number of hydrogen-bond acceptors (Lipinski definition) is 1. The third kappa shape index (κ3) is 3.11. The van der Waals surface area contributed by atoms with Gasteiger partial charge in [-0.2, -0.15) is 0 Å². The Morgan fingerprint density at radius 3 is 2.36 bits per heavy atom. The van der Waals surface area contributed by atoms with Gasteiger partial charge >= 0.3 is 0 Å². The van der Waals surface area contributed by atoms with Crippen molar-refractivity contribution in [1.82, 2.24) is 0 Å². The van der Waals surface area contributed by atoms with E-state index in [9.17, 15) is 4.79 Å². The van der Waals surface area contributed by atoms with Crippen molar-refractivity contribution in [3.8, 4) is 0 Å². The molecule has 0 radical (unpaired) electrons. The summed E-state index contributed by atoms with van der Waals surface area (Å²) in [6.07, 6.45) is 6.57. The molecule has 14 heavy (non-hydrogen) atoms. The van der Waals surface area contributed by atoms with E-state index in [1.165, 1.54) is 25.7 Å². The normalized spacial score (nSPS) is 31.4. The van der Waals surface area contributed by atoms with Gasteiger partial charge in [-0.05, 0) is 30.1 Å². The summed E-state index contributed by atoms with van der Waals surface area (Å²) in [6, 6.07) is 0. The summed E-state index contributed by atoms with van der Waals surface area (Å²) in [5.74, 6) is 0.435. The molecular weight excluding hydrogens is 172 g/mol. The van der Waals surface area contributed by atoms with E-state index in [1.54, 1.807) is 0 Å². The van der Waals surface area contributed by atoms with Gasteiger partial charge in [0.1, 0.15) is 5.78 Å². The van der Waals surface area contributed by atoms with Gasteiger partial charge in [0.25, 0.3) is 0 Å². The van der Waals surface area contributed by atoms with E-state index in [4.69, 9.17) is 0 Å². The first-order valence-corrected chi connectivity index (χ1v) is 5.89. The fourth-order valence-corrected chi connectivity index (χ4v) is 3.08. The van der Waals surface area contributed by atoms with Gasteiger partial charge in [0.2, 0.25) is 0 Å². The van der Waals surface area contributed by atoms with Gasteiger partial charge in [-0.1, -0.05) is 34.1 Å². The van der Waals surface area contributed by atoms with Crippen LogP contribution >= 0.6 is 0 Å². The predicted molar refractivity (Wildman–Crippen MR) is 60.3 cm³/mol. The third-order valence-electron chi connectivity index (χ3n) is 3.56. The summed E-state index contributed by atoms with van der Waals surface area (Å²) in [7, 11) is 0. The summed E-state index contributed by atoms with van der Waals surface area (Å²) in [5, 5.41) is 0. The van der Waals surface area contributed by atoms with Gasteiger partial charge in [-0.3, -0.25) is 4.79 Å². The van der Waals surface area contributed by atoms with Gasteiger partial charge in [-0.15, -0.1) is 0 Å². The van der Waals surface area contributed by atoms with Crippen LogP contribution in [-0.4, -0.2) is 5.78 Å². The highest BCUT2D eigenvalue weighted by atomic mass is 16.1. The molecule has 0 spiro atoms. The molecule has 0 bridgehead atoms. The molecule has 0 amide bonds. The maximum absolute atomic E-state index is 11.5. The van der Waals surface area contributed by atoms with Gasteiger partial charge in [0, 0.05) is 12.8 Å². The fourth-order valence-electron chi connectivity index (χ4n) is 3.08. The highest BCUT2D eigenvalue weighted by Crippen LogP contribution is 2.47. The van der Waals surface area contributed by atoms with E-state index in [-0.39, 0.29) is 5.41 Å². The standard InChI is InChI=1S/C13H24O/c1-5-11(14)9-13(4)8-6-7-12(2,3)10-13/h5-10H2,1-4H3. The summed E-state index contributed by atoms with van der Waals surface area (Å²) in [4.78, 5) is 11.5. The summed E-state index contributed by atoms with van der Waals surface area (Å²) in [5.41, 5.74) is 0.732. The zero-order valence-electron chi connectivity index (χ0n) is 10.2. The van der Waals surface area contributed by atoms with Crippen LogP contribution in [0.15, 0.2) is 0 Å². The number of carbonyl (C=O) groups excluding carboxylic acids is 1. The van der Waals surface area contributed by atoms with Crippen molar-refractivity contribution in [2.75, 3.05) is 0 Å². The molecule has 82 valence electrons. The van der Waals surface area contributed by atoms with Crippen LogP contribution in [0.3, 0.4) is 0 Å². The zero-order valence-corrected chi connectivity index (χ0v) is 10.2. The molecule has 1 fully saturated rings. The van der Waals surface area contributed by atoms with Crippen LogP contribution in [-0.2, 0) is 4.79 Å². The molecule has 1 aliphatic carbocycles. The molecule has 1 saturated carbocycles. The van der Waals surface area contributed by atoms with Crippen LogP contribution in [0.5, 0.6) is 0 Å². The highest BCUT2D eigenvalue weighted by Gasteiger charge is 2.37. The first kappa shape index (κ1) is 11.7. The number of Topliss-reactive ketones (excluding diaryl/α,β-unsaturated/α-hetero) is 1. The predicted octanol–water partition coefficient (Wildman–Crippen LogP) is 3.96. The topological polar surface area (TPSA) is 17.1 Å². The minimum Gasteiger partial charge on any atom is -0.300 e. The SMILES string of the molecule is CCC(=O)CC1(C)CCCC(C)(C)C1. The summed E-state index contributed by atoms with van der Waals surface area (Å²) >= 11 is 0. The van der Waals surface area contributed by atoms with E-state index < -0.39 is 0 Å². The summed E-state index contributed by atoms with van der Waals surface area (Å²) < 4.78 is 0. The first-order chi connectivity index (χ1) is 6.37. The maximum atomic E-state index is 11.5. The average molecular weight is 196 g/mol. The van der Waals surface area contributed by atoms with Crippen molar-refractivity contribution < 1.29 is 4.79 Å². The second kappa shape index (κ2) is 4.04. The van der Waals surface area contributed by atoms with Crippen molar-refractivity contribution in [2.45, 2.75) is 66.2 Å². The summed E-state index contributed by atoms with van der Waals surface area (Å²) in [6.45, 7) is 8.93. The van der Waals surface area contributed by atoms with Crippen molar-refractivity contribution in [3.63, 3.8) is 0 Å². The lowest BCUT2D eigenvalue weighted by Crippen LogP contribution is -2.32. The van der Waals surface area contributed by atoms with E-state index in [1.807, 2.05) is 6.92 Å². The van der Waals surface area contributed by atoms with Crippen LogP contribution < -0.4 is 0 Å². The van der Waals surface area contributed by atoms with Crippen molar-refractivity contribution >= 4 is 5.78 Å². The Morgan fingerprint density at radius 1 is 1.21 bits per heavy atom. The Bertz CT molecular complexity index is 217. The number of carbonyl (C=O) groups is 1. The molecule has 0 N–H and O–H groups in total. The maximum Gasteiger partial charge on any atom is 0.133 e. The molecule has 0 heterocycles. The molecular formula is C13H24O. The van der Waals surface area contributed by atoms with E-state index in [2.05, 4.69) is 20.8 Å². The van der Waals surface area contributed by atoms with Gasteiger partial charge in [0.15, 0.2) is 0 Å². The average Bonchev–Trinajstić information content (AvgIpc) is 2.00. The van der Waals surface area contributed by atoms with E-state index in [0.717, 1.165) is 6.42 Å². The molecule has 0 aromatic rings. The molecule has 0 aliphatic heterocycles. The van der Waals surface area contributed by atoms with Crippen molar-refractivity contribution in [1.29, 1.82) is 0 Å². The Kier molecular flexibility index (Phi) is 3.39. The lowest BCUT2D eigenvalue weighted by atomic mass is 9.63. The molecule has 1 nitrogen and oxygen atoms in total. The Morgan fingerprint density at radius 2 is 1.86 bits per heavy atom. The van der Waals surface area contributed by atoms with Crippen molar-refractivity contribution in [2.24, 2.45) is 10.8 Å². The number of rotatable bonds is 3. The molecule has 0 aromatic carbocycles. The van der Waals surface area contributed by atoms with Crippen LogP contribution in [0.1, 0.15) is 66.2 Å². The smallest absolute Gasteiger partial charge is 0.133 e. The minimum absolute atomic E-state index is 0.287. The number of ketones is 1. The third-order valence-corrected chi connectivity index (χ3v) is 3.56. The monoisotopic (exact) mass is 196 g/mol.